The van der Waals surface area contributed by atoms with E-state index in [-0.39, 0.29) is 18.3 Å². The first-order valence-corrected chi connectivity index (χ1v) is 7.41. The van der Waals surface area contributed by atoms with Crippen LogP contribution in [0, 0.1) is 6.92 Å². The van der Waals surface area contributed by atoms with E-state index < -0.39 is 0 Å². The van der Waals surface area contributed by atoms with Gasteiger partial charge in [-0.1, -0.05) is 0 Å². The molecule has 0 radical (unpaired) electrons. The van der Waals surface area contributed by atoms with Crippen LogP contribution < -0.4 is 5.32 Å². The Morgan fingerprint density at radius 1 is 1.40 bits per heavy atom. The van der Waals surface area contributed by atoms with Crippen LogP contribution in [0.5, 0.6) is 0 Å². The number of hydrogen-bond donors (Lipinski definition) is 1. The van der Waals surface area contributed by atoms with Crippen molar-refractivity contribution in [3.8, 4) is 0 Å². The molecule has 3 heterocycles. The molecule has 1 fully saturated rings. The topological polar surface area (TPSA) is 50.2 Å². The third-order valence-electron chi connectivity index (χ3n) is 3.53. The molecule has 0 saturated carbocycles. The van der Waals surface area contributed by atoms with E-state index in [9.17, 15) is 4.79 Å². The fourth-order valence-corrected chi connectivity index (χ4v) is 3.61. The van der Waals surface area contributed by atoms with Crippen LogP contribution in [-0.4, -0.2) is 46.8 Å². The average Bonchev–Trinajstić information content (AvgIpc) is 2.80. The number of rotatable bonds is 1. The lowest BCUT2D eigenvalue weighted by Crippen LogP contribution is -2.33. The molecule has 0 aromatic carbocycles. The van der Waals surface area contributed by atoms with Crippen molar-refractivity contribution < 1.29 is 4.79 Å². The highest BCUT2D eigenvalue weighted by molar-refractivity contribution is 7.20. The van der Waals surface area contributed by atoms with Crippen LogP contribution in [-0.2, 0) is 7.05 Å². The van der Waals surface area contributed by atoms with Crippen LogP contribution in [0.2, 0.25) is 0 Å². The van der Waals surface area contributed by atoms with Gasteiger partial charge in [0.15, 0.2) is 0 Å². The van der Waals surface area contributed by atoms with Crippen molar-refractivity contribution in [2.75, 3.05) is 26.2 Å². The Morgan fingerprint density at radius 3 is 2.95 bits per heavy atom. The maximum Gasteiger partial charge on any atom is 0.264 e. The summed E-state index contributed by atoms with van der Waals surface area (Å²) in [6.07, 6.45) is 1.03. The second kappa shape index (κ2) is 6.11. The van der Waals surface area contributed by atoms with E-state index in [0.717, 1.165) is 53.4 Å². The SMILES string of the molecule is Cc1nn(C)c2sc(C(=O)N3CCCNCC3)cc12.Cl. The summed E-state index contributed by atoms with van der Waals surface area (Å²) in [6, 6.07) is 1.99. The average molecular weight is 315 g/mol. The molecule has 2 aromatic rings. The first-order chi connectivity index (χ1) is 9.16. The Balaban J connectivity index is 0.00000147. The van der Waals surface area contributed by atoms with Crippen LogP contribution in [0.4, 0.5) is 0 Å². The molecule has 0 aliphatic carbocycles. The minimum Gasteiger partial charge on any atom is -0.337 e. The number of nitrogens with zero attached hydrogens (tertiary/aromatic N) is 3. The zero-order valence-electron chi connectivity index (χ0n) is 11.7. The van der Waals surface area contributed by atoms with E-state index in [1.165, 1.54) is 0 Å². The fraction of sp³-hybridized carbons (Fsp3) is 0.538. The maximum atomic E-state index is 12.5. The number of amides is 1. The van der Waals surface area contributed by atoms with Gasteiger partial charge in [-0.25, -0.2) is 0 Å². The van der Waals surface area contributed by atoms with Gasteiger partial charge in [0.05, 0.1) is 10.6 Å². The lowest BCUT2D eigenvalue weighted by molar-refractivity contribution is 0.0771. The molecule has 0 spiro atoms. The van der Waals surface area contributed by atoms with Crippen molar-refractivity contribution in [3.05, 3.63) is 16.6 Å². The van der Waals surface area contributed by atoms with Crippen molar-refractivity contribution >= 4 is 39.9 Å². The molecule has 5 nitrogen and oxygen atoms in total. The zero-order valence-corrected chi connectivity index (χ0v) is 13.3. The van der Waals surface area contributed by atoms with Crippen molar-refractivity contribution in [1.29, 1.82) is 0 Å². The van der Waals surface area contributed by atoms with Gasteiger partial charge in [-0.3, -0.25) is 9.48 Å². The van der Waals surface area contributed by atoms with Gasteiger partial charge in [0.25, 0.3) is 5.91 Å². The number of fused-ring (bicyclic) bond motifs is 1. The third-order valence-corrected chi connectivity index (χ3v) is 4.72. The monoisotopic (exact) mass is 314 g/mol. The molecule has 0 unspecified atom stereocenters. The summed E-state index contributed by atoms with van der Waals surface area (Å²) in [4.78, 5) is 16.4. The van der Waals surface area contributed by atoms with Crippen molar-refractivity contribution in [2.24, 2.45) is 7.05 Å². The molecule has 2 aromatic heterocycles. The second-order valence-corrected chi connectivity index (χ2v) is 5.96. The van der Waals surface area contributed by atoms with Crippen LogP contribution >= 0.6 is 23.7 Å². The molecule has 0 atom stereocenters. The summed E-state index contributed by atoms with van der Waals surface area (Å²) in [5.41, 5.74) is 0.991. The molecule has 1 N–H and O–H groups in total. The summed E-state index contributed by atoms with van der Waals surface area (Å²) in [5.74, 6) is 0.157. The summed E-state index contributed by atoms with van der Waals surface area (Å²) in [5, 5.41) is 8.79. The molecule has 1 aliphatic heterocycles. The van der Waals surface area contributed by atoms with Crippen LogP contribution in [0.15, 0.2) is 6.07 Å². The van der Waals surface area contributed by atoms with Gasteiger partial charge in [0.1, 0.15) is 4.83 Å². The van der Waals surface area contributed by atoms with Gasteiger partial charge in [0, 0.05) is 32.1 Å². The molecule has 110 valence electrons. The predicted molar refractivity (Wildman–Crippen MR) is 84.0 cm³/mol. The van der Waals surface area contributed by atoms with Crippen molar-refractivity contribution in [3.63, 3.8) is 0 Å². The van der Waals surface area contributed by atoms with Gasteiger partial charge in [-0.15, -0.1) is 23.7 Å². The smallest absolute Gasteiger partial charge is 0.264 e. The van der Waals surface area contributed by atoms with Crippen molar-refractivity contribution in [2.45, 2.75) is 13.3 Å². The van der Waals surface area contributed by atoms with E-state index in [4.69, 9.17) is 0 Å². The van der Waals surface area contributed by atoms with Crippen LogP contribution in [0.1, 0.15) is 21.8 Å². The number of aryl methyl sites for hydroxylation is 2. The first kappa shape index (κ1) is 15.3. The Hall–Kier alpha value is -1.11. The number of carbonyl (C=O) groups is 1. The molecule has 1 aliphatic rings. The molecule has 0 bridgehead atoms. The number of aromatic nitrogens is 2. The van der Waals surface area contributed by atoms with Crippen molar-refractivity contribution in [1.82, 2.24) is 20.0 Å². The zero-order chi connectivity index (χ0) is 13.4. The van der Waals surface area contributed by atoms with Gasteiger partial charge < -0.3 is 10.2 Å². The van der Waals surface area contributed by atoms with E-state index >= 15 is 0 Å². The largest absolute Gasteiger partial charge is 0.337 e. The highest BCUT2D eigenvalue weighted by Crippen LogP contribution is 2.28. The fourth-order valence-electron chi connectivity index (χ4n) is 2.52. The molecular weight excluding hydrogens is 296 g/mol. The molecule has 7 heteroatoms. The molecule has 20 heavy (non-hydrogen) atoms. The number of thiophene rings is 1. The Kier molecular flexibility index (Phi) is 4.67. The highest BCUT2D eigenvalue weighted by atomic mass is 35.5. The predicted octanol–water partition coefficient (Wildman–Crippen LogP) is 1.80. The normalized spacial score (nSPS) is 16.0. The molecular formula is C13H19ClN4OS. The van der Waals surface area contributed by atoms with E-state index in [1.807, 2.05) is 29.6 Å². The third kappa shape index (κ3) is 2.68. The summed E-state index contributed by atoms with van der Waals surface area (Å²) in [6.45, 7) is 5.51. The van der Waals surface area contributed by atoms with E-state index in [1.54, 1.807) is 11.3 Å². The number of hydrogen-bond acceptors (Lipinski definition) is 4. The first-order valence-electron chi connectivity index (χ1n) is 6.60. The van der Waals surface area contributed by atoms with Gasteiger partial charge in [0.2, 0.25) is 0 Å². The molecule has 1 saturated heterocycles. The lowest BCUT2D eigenvalue weighted by atomic mass is 10.3. The summed E-state index contributed by atoms with van der Waals surface area (Å²) < 4.78 is 1.86. The number of nitrogens with one attached hydrogen (secondary N) is 1. The highest BCUT2D eigenvalue weighted by Gasteiger charge is 2.21. The van der Waals surface area contributed by atoms with E-state index in [0.29, 0.717) is 0 Å². The Labute approximate surface area is 128 Å². The Bertz CT molecular complexity index is 579. The quantitative estimate of drug-likeness (QED) is 0.873. The van der Waals surface area contributed by atoms with Crippen LogP contribution in [0.25, 0.3) is 10.2 Å². The van der Waals surface area contributed by atoms with Gasteiger partial charge in [-0.2, -0.15) is 5.10 Å². The lowest BCUT2D eigenvalue weighted by Gasteiger charge is -2.18. The van der Waals surface area contributed by atoms with Gasteiger partial charge >= 0.3 is 0 Å². The van der Waals surface area contributed by atoms with Crippen LogP contribution in [0.3, 0.4) is 0 Å². The summed E-state index contributed by atoms with van der Waals surface area (Å²) >= 11 is 1.54. The molecule has 3 rings (SSSR count). The van der Waals surface area contributed by atoms with Gasteiger partial charge in [-0.05, 0) is 26.0 Å². The van der Waals surface area contributed by atoms with E-state index in [2.05, 4.69) is 10.4 Å². The minimum atomic E-state index is 0. The summed E-state index contributed by atoms with van der Waals surface area (Å²) in [7, 11) is 1.93. The maximum absolute atomic E-state index is 12.5. The second-order valence-electron chi connectivity index (χ2n) is 4.93. The molecule has 1 amide bonds. The Morgan fingerprint density at radius 2 is 2.20 bits per heavy atom. The number of halogens is 1. The minimum absolute atomic E-state index is 0. The standard InChI is InChI=1S/C13H18N4OS.ClH/c1-9-10-8-11(19-13(10)16(2)15-9)12(18)17-6-3-4-14-5-7-17;/h8,14H,3-7H2,1-2H3;1H. The number of carbonyl (C=O) groups excluding carboxylic acids is 1.